The van der Waals surface area contributed by atoms with E-state index >= 15 is 0 Å². The van der Waals surface area contributed by atoms with Gasteiger partial charge in [0, 0.05) is 18.1 Å². The van der Waals surface area contributed by atoms with Crippen molar-refractivity contribution in [1.29, 1.82) is 0 Å². The Kier molecular flexibility index (Phi) is 3.78. The molecule has 0 amide bonds. The quantitative estimate of drug-likeness (QED) is 0.839. The van der Waals surface area contributed by atoms with Crippen molar-refractivity contribution in [2.75, 3.05) is 13.7 Å². The molecule has 2 nitrogen and oxygen atoms in total. The van der Waals surface area contributed by atoms with Crippen molar-refractivity contribution in [1.82, 2.24) is 0 Å². The number of halogens is 1. The molecule has 1 aromatic carbocycles. The second-order valence-corrected chi connectivity index (χ2v) is 3.86. The highest BCUT2D eigenvalue weighted by atomic mass is 35.5. The first kappa shape index (κ1) is 11.3. The van der Waals surface area contributed by atoms with E-state index in [9.17, 15) is 0 Å². The van der Waals surface area contributed by atoms with Crippen LogP contribution in [0.2, 0.25) is 5.02 Å². The zero-order valence-corrected chi connectivity index (χ0v) is 9.43. The summed E-state index contributed by atoms with van der Waals surface area (Å²) in [4.78, 5) is 0. The van der Waals surface area contributed by atoms with Crippen LogP contribution in [0.25, 0.3) is 0 Å². The zero-order chi connectivity index (χ0) is 10.7. The average Bonchev–Trinajstić information content (AvgIpc) is 2.15. The van der Waals surface area contributed by atoms with Crippen LogP contribution in [-0.2, 0) is 0 Å². The predicted octanol–water partition coefficient (Wildman–Crippen LogP) is 2.75. The third kappa shape index (κ3) is 2.20. The minimum absolute atomic E-state index is 0.0438. The van der Waals surface area contributed by atoms with E-state index in [1.54, 1.807) is 7.11 Å². The molecule has 0 bridgehead atoms. The van der Waals surface area contributed by atoms with Gasteiger partial charge in [-0.05, 0) is 18.6 Å². The molecule has 14 heavy (non-hydrogen) atoms. The molecule has 1 rings (SSSR count). The monoisotopic (exact) mass is 214 g/mol. The lowest BCUT2D eigenvalue weighted by Gasteiger charge is -2.15. The van der Waals surface area contributed by atoms with Crippen molar-refractivity contribution in [3.8, 4) is 5.75 Å². The fourth-order valence-corrected chi connectivity index (χ4v) is 1.79. The molecule has 0 aliphatic carbocycles. The molecule has 0 saturated carbocycles. The number of hydrogen-bond donors (Lipinski definition) is 1. The SMILES string of the molecule is COc1c(Cl)cc(C)cc1C(C)CO. The van der Waals surface area contributed by atoms with E-state index in [0.29, 0.717) is 10.8 Å². The summed E-state index contributed by atoms with van der Waals surface area (Å²) in [6, 6.07) is 3.85. The number of hydrogen-bond acceptors (Lipinski definition) is 2. The van der Waals surface area contributed by atoms with E-state index in [1.165, 1.54) is 0 Å². The summed E-state index contributed by atoms with van der Waals surface area (Å²) in [6.45, 7) is 4.00. The van der Waals surface area contributed by atoms with Crippen molar-refractivity contribution in [3.63, 3.8) is 0 Å². The molecule has 0 aliphatic heterocycles. The molecule has 1 N–H and O–H groups in total. The molecule has 0 fully saturated rings. The molecule has 0 spiro atoms. The van der Waals surface area contributed by atoms with Crippen LogP contribution in [-0.4, -0.2) is 18.8 Å². The van der Waals surface area contributed by atoms with Crippen molar-refractivity contribution in [3.05, 3.63) is 28.3 Å². The summed E-state index contributed by atoms with van der Waals surface area (Å²) in [7, 11) is 1.59. The summed E-state index contributed by atoms with van der Waals surface area (Å²) in [5, 5.41) is 9.69. The summed E-state index contributed by atoms with van der Waals surface area (Å²) in [5.74, 6) is 0.709. The molecule has 3 heteroatoms. The largest absolute Gasteiger partial charge is 0.495 e. The maximum Gasteiger partial charge on any atom is 0.141 e. The van der Waals surface area contributed by atoms with Gasteiger partial charge in [-0.3, -0.25) is 0 Å². The van der Waals surface area contributed by atoms with Crippen LogP contribution in [0.3, 0.4) is 0 Å². The van der Waals surface area contributed by atoms with Gasteiger partial charge in [-0.1, -0.05) is 24.6 Å². The van der Waals surface area contributed by atoms with Crippen LogP contribution in [0, 0.1) is 6.92 Å². The van der Waals surface area contributed by atoms with Gasteiger partial charge in [-0.25, -0.2) is 0 Å². The normalized spacial score (nSPS) is 12.6. The van der Waals surface area contributed by atoms with Crippen molar-refractivity contribution >= 4 is 11.6 Å². The van der Waals surface area contributed by atoms with E-state index < -0.39 is 0 Å². The Hall–Kier alpha value is -0.730. The number of rotatable bonds is 3. The van der Waals surface area contributed by atoms with Gasteiger partial charge in [0.15, 0.2) is 0 Å². The Balaban J connectivity index is 3.24. The number of aryl methyl sites for hydroxylation is 1. The fourth-order valence-electron chi connectivity index (χ4n) is 1.44. The molecule has 0 saturated heterocycles. The Labute approximate surface area is 89.5 Å². The number of aliphatic hydroxyl groups is 1. The number of ether oxygens (including phenoxy) is 1. The first-order valence-electron chi connectivity index (χ1n) is 4.55. The van der Waals surface area contributed by atoms with Gasteiger partial charge in [0.25, 0.3) is 0 Å². The lowest BCUT2D eigenvalue weighted by Crippen LogP contribution is -2.02. The zero-order valence-electron chi connectivity index (χ0n) is 8.67. The smallest absolute Gasteiger partial charge is 0.141 e. The third-order valence-electron chi connectivity index (χ3n) is 2.23. The van der Waals surface area contributed by atoms with Crippen LogP contribution in [0.5, 0.6) is 5.75 Å². The molecule has 1 unspecified atom stereocenters. The molecule has 1 atom stereocenters. The standard InChI is InChI=1S/C11H15ClO2/c1-7-4-9(8(2)6-13)11(14-3)10(12)5-7/h4-5,8,13H,6H2,1-3H3. The van der Waals surface area contributed by atoms with Gasteiger partial charge in [0.05, 0.1) is 12.1 Å². The summed E-state index contributed by atoms with van der Waals surface area (Å²) in [5.41, 5.74) is 2.03. The second-order valence-electron chi connectivity index (χ2n) is 3.45. The number of methoxy groups -OCH3 is 1. The summed E-state index contributed by atoms with van der Waals surface area (Å²) < 4.78 is 5.21. The maximum atomic E-state index is 9.09. The fraction of sp³-hybridized carbons (Fsp3) is 0.455. The Bertz CT molecular complexity index is 323. The van der Waals surface area contributed by atoms with Gasteiger partial charge in [0.1, 0.15) is 5.75 Å². The lowest BCUT2D eigenvalue weighted by atomic mass is 9.99. The third-order valence-corrected chi connectivity index (χ3v) is 2.51. The van der Waals surface area contributed by atoms with Crippen molar-refractivity contribution in [2.45, 2.75) is 19.8 Å². The first-order valence-corrected chi connectivity index (χ1v) is 4.92. The van der Waals surface area contributed by atoms with Crippen molar-refractivity contribution < 1.29 is 9.84 Å². The topological polar surface area (TPSA) is 29.5 Å². The summed E-state index contributed by atoms with van der Waals surface area (Å²) >= 11 is 6.03. The van der Waals surface area contributed by atoms with Gasteiger partial charge in [-0.15, -0.1) is 0 Å². The molecule has 0 aliphatic rings. The minimum atomic E-state index is 0.0438. The van der Waals surface area contributed by atoms with Crippen LogP contribution in [0.15, 0.2) is 12.1 Å². The van der Waals surface area contributed by atoms with E-state index in [1.807, 2.05) is 26.0 Å². The highest BCUT2D eigenvalue weighted by Gasteiger charge is 2.14. The Morgan fingerprint density at radius 1 is 1.50 bits per heavy atom. The second kappa shape index (κ2) is 4.67. The summed E-state index contributed by atoms with van der Waals surface area (Å²) in [6.07, 6.45) is 0. The van der Waals surface area contributed by atoms with E-state index in [0.717, 1.165) is 11.1 Å². The van der Waals surface area contributed by atoms with E-state index in [2.05, 4.69) is 0 Å². The van der Waals surface area contributed by atoms with Gasteiger partial charge < -0.3 is 9.84 Å². The first-order chi connectivity index (χ1) is 6.60. The molecule has 0 aromatic heterocycles. The predicted molar refractivity (Wildman–Crippen MR) is 58.2 cm³/mol. The lowest BCUT2D eigenvalue weighted by molar-refractivity contribution is 0.269. The van der Waals surface area contributed by atoms with Crippen LogP contribution >= 0.6 is 11.6 Å². The Morgan fingerprint density at radius 3 is 2.64 bits per heavy atom. The van der Waals surface area contributed by atoms with Gasteiger partial charge in [-0.2, -0.15) is 0 Å². The molecule has 1 aromatic rings. The minimum Gasteiger partial charge on any atom is -0.495 e. The van der Waals surface area contributed by atoms with Crippen molar-refractivity contribution in [2.24, 2.45) is 0 Å². The number of aliphatic hydroxyl groups excluding tert-OH is 1. The van der Waals surface area contributed by atoms with Crippen LogP contribution in [0.4, 0.5) is 0 Å². The van der Waals surface area contributed by atoms with E-state index in [4.69, 9.17) is 21.4 Å². The molecule has 0 radical (unpaired) electrons. The highest BCUT2D eigenvalue weighted by Crippen LogP contribution is 2.34. The van der Waals surface area contributed by atoms with E-state index in [-0.39, 0.29) is 12.5 Å². The molecular weight excluding hydrogens is 200 g/mol. The molecular formula is C11H15ClO2. The van der Waals surface area contributed by atoms with Crippen LogP contribution in [0.1, 0.15) is 24.0 Å². The number of benzene rings is 1. The highest BCUT2D eigenvalue weighted by molar-refractivity contribution is 6.32. The van der Waals surface area contributed by atoms with Gasteiger partial charge in [0.2, 0.25) is 0 Å². The maximum absolute atomic E-state index is 9.09. The average molecular weight is 215 g/mol. The van der Waals surface area contributed by atoms with Gasteiger partial charge >= 0.3 is 0 Å². The van der Waals surface area contributed by atoms with Crippen LogP contribution < -0.4 is 4.74 Å². The molecule has 78 valence electrons. The molecule has 0 heterocycles. The Morgan fingerprint density at radius 2 is 2.14 bits per heavy atom.